The van der Waals surface area contributed by atoms with Gasteiger partial charge in [0.1, 0.15) is 4.21 Å². The van der Waals surface area contributed by atoms with Gasteiger partial charge >= 0.3 is 0 Å². The molecule has 0 N–H and O–H groups in total. The van der Waals surface area contributed by atoms with Crippen molar-refractivity contribution < 1.29 is 8.42 Å². The standard InChI is InChI=1S/C9H13N5O2S3/c1-9(2,3)14-7(11-12-13-14)18-8-10-5-6(17-8)19(4,15)16/h5H,1-4H3. The van der Waals surface area contributed by atoms with Crippen LogP contribution in [0.2, 0.25) is 0 Å². The lowest BCUT2D eigenvalue weighted by molar-refractivity contribution is 0.321. The van der Waals surface area contributed by atoms with Gasteiger partial charge in [0.15, 0.2) is 14.2 Å². The number of hydrogen-bond donors (Lipinski definition) is 0. The lowest BCUT2D eigenvalue weighted by Gasteiger charge is -2.18. The second kappa shape index (κ2) is 4.84. The minimum Gasteiger partial charge on any atom is -0.236 e. The monoisotopic (exact) mass is 319 g/mol. The maximum absolute atomic E-state index is 11.4. The van der Waals surface area contributed by atoms with Gasteiger partial charge in [0.2, 0.25) is 5.16 Å². The van der Waals surface area contributed by atoms with Crippen molar-refractivity contribution in [2.45, 2.75) is 40.0 Å². The van der Waals surface area contributed by atoms with Crippen LogP contribution in [-0.4, -0.2) is 39.9 Å². The van der Waals surface area contributed by atoms with E-state index >= 15 is 0 Å². The van der Waals surface area contributed by atoms with Gasteiger partial charge < -0.3 is 0 Å². The van der Waals surface area contributed by atoms with E-state index in [1.807, 2.05) is 20.8 Å². The maximum Gasteiger partial charge on any atom is 0.216 e. The Hall–Kier alpha value is -1.00. The number of rotatable bonds is 3. The molecule has 2 heterocycles. The van der Waals surface area contributed by atoms with Crippen molar-refractivity contribution in [2.24, 2.45) is 0 Å². The van der Waals surface area contributed by atoms with Crippen molar-refractivity contribution in [2.75, 3.05) is 6.26 Å². The Morgan fingerprint density at radius 2 is 2.05 bits per heavy atom. The molecule has 7 nitrogen and oxygen atoms in total. The highest BCUT2D eigenvalue weighted by Gasteiger charge is 2.22. The first-order valence-electron chi connectivity index (χ1n) is 5.30. The predicted molar refractivity (Wildman–Crippen MR) is 72.2 cm³/mol. The third-order valence-electron chi connectivity index (χ3n) is 2.08. The molecule has 2 aromatic heterocycles. The average Bonchev–Trinajstić information content (AvgIpc) is 2.84. The van der Waals surface area contributed by atoms with E-state index in [-0.39, 0.29) is 9.75 Å². The van der Waals surface area contributed by atoms with Gasteiger partial charge in [-0.15, -0.1) is 5.10 Å². The van der Waals surface area contributed by atoms with Gasteiger partial charge in [-0.25, -0.2) is 18.1 Å². The molecule has 0 saturated heterocycles. The lowest BCUT2D eigenvalue weighted by atomic mass is 10.1. The Bertz CT molecular complexity index is 683. The summed E-state index contributed by atoms with van der Waals surface area (Å²) in [6.45, 7) is 5.95. The van der Waals surface area contributed by atoms with Crippen LogP contribution in [0.25, 0.3) is 0 Å². The smallest absolute Gasteiger partial charge is 0.216 e. The van der Waals surface area contributed by atoms with Gasteiger partial charge in [-0.05, 0) is 43.0 Å². The fourth-order valence-electron chi connectivity index (χ4n) is 1.20. The Balaban J connectivity index is 2.28. The van der Waals surface area contributed by atoms with Crippen molar-refractivity contribution in [3.8, 4) is 0 Å². The SMILES string of the molecule is CC(C)(C)n1nnnc1Sc1ncc(S(C)(=O)=O)s1. The summed E-state index contributed by atoms with van der Waals surface area (Å²) in [5.41, 5.74) is -0.247. The first-order valence-corrected chi connectivity index (χ1v) is 8.83. The molecule has 0 bridgehead atoms. The molecule has 2 aromatic rings. The minimum atomic E-state index is -3.22. The molecule has 0 unspecified atom stereocenters. The maximum atomic E-state index is 11.4. The Morgan fingerprint density at radius 1 is 1.37 bits per heavy atom. The summed E-state index contributed by atoms with van der Waals surface area (Å²) in [5.74, 6) is 0. The molecule has 0 fully saturated rings. The molecule has 0 radical (unpaired) electrons. The van der Waals surface area contributed by atoms with Gasteiger partial charge in [-0.2, -0.15) is 0 Å². The van der Waals surface area contributed by atoms with Crippen molar-refractivity contribution in [1.82, 2.24) is 25.2 Å². The zero-order valence-electron chi connectivity index (χ0n) is 10.9. The fourth-order valence-corrected chi connectivity index (χ4v) is 4.23. The summed E-state index contributed by atoms with van der Waals surface area (Å²) >= 11 is 2.37. The van der Waals surface area contributed by atoms with Crippen molar-refractivity contribution in [3.63, 3.8) is 0 Å². The summed E-state index contributed by atoms with van der Waals surface area (Å²) in [5, 5.41) is 12.1. The van der Waals surface area contributed by atoms with Crippen molar-refractivity contribution >= 4 is 32.9 Å². The average molecular weight is 319 g/mol. The molecular weight excluding hydrogens is 306 g/mol. The molecule has 0 aromatic carbocycles. The van der Waals surface area contributed by atoms with Crippen LogP contribution in [0.3, 0.4) is 0 Å². The van der Waals surface area contributed by atoms with E-state index in [2.05, 4.69) is 20.5 Å². The van der Waals surface area contributed by atoms with Gasteiger partial charge in [-0.3, -0.25) is 0 Å². The second-order valence-electron chi connectivity index (χ2n) is 4.86. The van der Waals surface area contributed by atoms with Crippen LogP contribution < -0.4 is 0 Å². The highest BCUT2D eigenvalue weighted by Crippen LogP contribution is 2.32. The van der Waals surface area contributed by atoms with Gasteiger partial charge in [0.05, 0.1) is 11.7 Å². The number of nitrogens with zero attached hydrogens (tertiary/aromatic N) is 5. The highest BCUT2D eigenvalue weighted by molar-refractivity contribution is 8.01. The van der Waals surface area contributed by atoms with E-state index < -0.39 is 9.84 Å². The Labute approximate surface area is 119 Å². The molecule has 0 amide bonds. The quantitative estimate of drug-likeness (QED) is 0.845. The predicted octanol–water partition coefficient (Wildman–Crippen LogP) is 1.44. The van der Waals surface area contributed by atoms with E-state index in [1.165, 1.54) is 18.0 Å². The molecule has 104 valence electrons. The largest absolute Gasteiger partial charge is 0.236 e. The Morgan fingerprint density at radius 3 is 2.58 bits per heavy atom. The van der Waals surface area contributed by atoms with E-state index in [4.69, 9.17) is 0 Å². The molecule has 2 rings (SSSR count). The number of sulfone groups is 1. The van der Waals surface area contributed by atoms with Gasteiger partial charge in [0.25, 0.3) is 0 Å². The zero-order chi connectivity index (χ0) is 14.3. The molecule has 10 heteroatoms. The van der Waals surface area contributed by atoms with Crippen LogP contribution in [0.5, 0.6) is 0 Å². The summed E-state index contributed by atoms with van der Waals surface area (Å²) in [4.78, 5) is 4.07. The van der Waals surface area contributed by atoms with Crippen LogP contribution in [0.15, 0.2) is 19.9 Å². The zero-order valence-corrected chi connectivity index (χ0v) is 13.3. The number of hydrogen-bond acceptors (Lipinski definition) is 8. The molecule has 0 saturated carbocycles. The van der Waals surface area contributed by atoms with Crippen LogP contribution >= 0.6 is 23.1 Å². The first kappa shape index (κ1) is 14.4. The summed E-state index contributed by atoms with van der Waals surface area (Å²) < 4.78 is 25.3. The minimum absolute atomic E-state index is 0.241. The second-order valence-corrected chi connectivity index (χ2v) is 9.35. The highest BCUT2D eigenvalue weighted by atomic mass is 32.2. The molecule has 0 aliphatic rings. The molecule has 0 spiro atoms. The van der Waals surface area contributed by atoms with Gasteiger partial charge in [0, 0.05) is 6.26 Å². The fraction of sp³-hybridized carbons (Fsp3) is 0.556. The summed E-state index contributed by atoms with van der Waals surface area (Å²) in [6.07, 6.45) is 2.52. The van der Waals surface area contributed by atoms with E-state index in [0.717, 1.165) is 17.6 Å². The van der Waals surface area contributed by atoms with Crippen LogP contribution in [0.4, 0.5) is 0 Å². The lowest BCUT2D eigenvalue weighted by Crippen LogP contribution is -2.24. The van der Waals surface area contributed by atoms with Crippen LogP contribution in [0, 0.1) is 0 Å². The number of aromatic nitrogens is 5. The molecule has 0 aliphatic carbocycles. The van der Waals surface area contributed by atoms with E-state index in [1.54, 1.807) is 4.68 Å². The van der Waals surface area contributed by atoms with E-state index in [9.17, 15) is 8.42 Å². The van der Waals surface area contributed by atoms with Crippen LogP contribution in [0.1, 0.15) is 20.8 Å². The van der Waals surface area contributed by atoms with Gasteiger partial charge in [-0.1, -0.05) is 11.3 Å². The first-order chi connectivity index (χ1) is 8.68. The van der Waals surface area contributed by atoms with Crippen LogP contribution in [-0.2, 0) is 15.4 Å². The summed E-state index contributed by atoms with van der Waals surface area (Å²) in [7, 11) is -3.22. The third-order valence-corrected chi connectivity index (χ3v) is 5.88. The third kappa shape index (κ3) is 3.31. The summed E-state index contributed by atoms with van der Waals surface area (Å²) in [6, 6.07) is 0. The molecule has 0 aliphatic heterocycles. The molecule has 19 heavy (non-hydrogen) atoms. The molecule has 0 atom stereocenters. The normalized spacial score (nSPS) is 12.8. The number of tetrazole rings is 1. The number of thiazole rings is 1. The van der Waals surface area contributed by atoms with Crippen molar-refractivity contribution in [1.29, 1.82) is 0 Å². The topological polar surface area (TPSA) is 90.6 Å². The molecular formula is C9H13N5O2S3. The van der Waals surface area contributed by atoms with Crippen molar-refractivity contribution in [3.05, 3.63) is 6.20 Å². The Kier molecular flexibility index (Phi) is 3.67. The van der Waals surface area contributed by atoms with E-state index in [0.29, 0.717) is 9.50 Å².